The molecule has 1 saturated carbocycles. The van der Waals surface area contributed by atoms with Crippen LogP contribution in [0.3, 0.4) is 0 Å². The first-order chi connectivity index (χ1) is 19.1. The first-order valence-corrected chi connectivity index (χ1v) is 13.5. The number of H-pyrrole nitrogens is 1. The summed E-state index contributed by atoms with van der Waals surface area (Å²) >= 11 is 0. The van der Waals surface area contributed by atoms with Gasteiger partial charge < -0.3 is 14.6 Å². The van der Waals surface area contributed by atoms with Gasteiger partial charge in [-0.2, -0.15) is 0 Å². The van der Waals surface area contributed by atoms with E-state index in [1.165, 1.54) is 19.3 Å². The predicted molar refractivity (Wildman–Crippen MR) is 150 cm³/mol. The largest absolute Gasteiger partial charge is 0.489 e. The summed E-state index contributed by atoms with van der Waals surface area (Å²) in [4.78, 5) is 15.1. The van der Waals surface area contributed by atoms with E-state index in [1.54, 1.807) is 12.1 Å². The SMILES string of the molecule is O=C(O)c1ccc2c(c1)[nH]c(-c1ccc(Oc3cccc(OCc4ccccc4)c3)cc1)[n+]2C1CCCCC1. The molecule has 0 radical (unpaired) electrons. The van der Waals surface area contributed by atoms with E-state index in [9.17, 15) is 9.90 Å². The Balaban J connectivity index is 1.24. The molecule has 0 unspecified atom stereocenters. The fourth-order valence-electron chi connectivity index (χ4n) is 5.40. The number of aromatic nitrogens is 2. The zero-order valence-electron chi connectivity index (χ0n) is 21.7. The standard InChI is InChI=1S/C33H30N2O4/c36-33(37)25-16-19-31-30(20-25)34-32(35(31)26-10-5-2-6-11-26)24-14-17-27(18-15-24)39-29-13-7-12-28(21-29)38-22-23-8-3-1-4-9-23/h1,3-4,7-9,12-21,26H,2,5-6,10-11,22H2,(H,36,37)/p+1. The molecule has 1 aliphatic rings. The van der Waals surface area contributed by atoms with E-state index < -0.39 is 5.97 Å². The maximum absolute atomic E-state index is 11.6. The highest BCUT2D eigenvalue weighted by atomic mass is 16.5. The molecular weight excluding hydrogens is 488 g/mol. The number of nitrogens with zero attached hydrogens (tertiary/aromatic N) is 1. The number of carboxylic acids is 1. The Morgan fingerprint density at radius 1 is 0.821 bits per heavy atom. The van der Waals surface area contributed by atoms with Crippen LogP contribution in [-0.4, -0.2) is 16.1 Å². The molecule has 6 nitrogen and oxygen atoms in total. The molecule has 0 spiro atoms. The number of ether oxygens (including phenoxy) is 2. The van der Waals surface area contributed by atoms with Gasteiger partial charge in [-0.05, 0) is 79.8 Å². The lowest BCUT2D eigenvalue weighted by atomic mass is 9.95. The van der Waals surface area contributed by atoms with E-state index in [1.807, 2.05) is 84.9 Å². The summed E-state index contributed by atoms with van der Waals surface area (Å²) in [6.45, 7) is 0.498. The lowest BCUT2D eigenvalue weighted by Gasteiger charge is -2.20. The van der Waals surface area contributed by atoms with E-state index in [0.29, 0.717) is 18.4 Å². The molecule has 1 aromatic heterocycles. The van der Waals surface area contributed by atoms with E-state index >= 15 is 0 Å². The zero-order chi connectivity index (χ0) is 26.6. The normalized spacial score (nSPS) is 13.8. The van der Waals surface area contributed by atoms with Gasteiger partial charge in [0.2, 0.25) is 0 Å². The van der Waals surface area contributed by atoms with Crippen molar-refractivity contribution in [3.8, 4) is 28.6 Å². The zero-order valence-corrected chi connectivity index (χ0v) is 21.7. The van der Waals surface area contributed by atoms with Crippen molar-refractivity contribution in [2.45, 2.75) is 44.8 Å². The topological polar surface area (TPSA) is 75.4 Å². The third-order valence-electron chi connectivity index (χ3n) is 7.35. The van der Waals surface area contributed by atoms with Crippen LogP contribution in [0.2, 0.25) is 0 Å². The van der Waals surface area contributed by atoms with Crippen LogP contribution in [0, 0.1) is 0 Å². The average Bonchev–Trinajstić information content (AvgIpc) is 3.36. The molecule has 0 amide bonds. The van der Waals surface area contributed by atoms with Crippen molar-refractivity contribution in [2.75, 3.05) is 0 Å². The second-order valence-electron chi connectivity index (χ2n) is 10.0. The van der Waals surface area contributed by atoms with E-state index in [2.05, 4.69) is 9.55 Å². The quantitative estimate of drug-likeness (QED) is 0.206. The van der Waals surface area contributed by atoms with Crippen molar-refractivity contribution in [2.24, 2.45) is 0 Å². The number of imidazole rings is 1. The number of carboxylic acid groups (broad SMARTS) is 1. The second-order valence-corrected chi connectivity index (χ2v) is 10.0. The molecule has 0 aliphatic heterocycles. The number of hydrogen-bond donors (Lipinski definition) is 2. The van der Waals surface area contributed by atoms with Gasteiger partial charge in [0, 0.05) is 12.1 Å². The van der Waals surface area contributed by atoms with Gasteiger partial charge in [-0.25, -0.2) is 14.3 Å². The molecule has 6 heteroatoms. The Kier molecular flexibility index (Phi) is 7.00. The molecule has 196 valence electrons. The van der Waals surface area contributed by atoms with Crippen LogP contribution in [0.15, 0.2) is 97.1 Å². The highest BCUT2D eigenvalue weighted by Crippen LogP contribution is 2.31. The third-order valence-corrected chi connectivity index (χ3v) is 7.35. The molecule has 0 atom stereocenters. The van der Waals surface area contributed by atoms with Gasteiger partial charge in [0.25, 0.3) is 5.82 Å². The maximum Gasteiger partial charge on any atom is 0.335 e. The van der Waals surface area contributed by atoms with Gasteiger partial charge in [-0.1, -0.05) is 42.8 Å². The first-order valence-electron chi connectivity index (χ1n) is 13.5. The summed E-state index contributed by atoms with van der Waals surface area (Å²) in [5.41, 5.74) is 4.30. The highest BCUT2D eigenvalue weighted by Gasteiger charge is 2.29. The minimum atomic E-state index is -0.923. The second kappa shape index (κ2) is 11.0. The molecule has 2 N–H and O–H groups in total. The lowest BCUT2D eigenvalue weighted by Crippen LogP contribution is -2.41. The Morgan fingerprint density at radius 2 is 1.59 bits per heavy atom. The average molecular weight is 520 g/mol. The summed E-state index contributed by atoms with van der Waals surface area (Å²) < 4.78 is 14.5. The molecule has 6 rings (SSSR count). The van der Waals surface area contributed by atoms with Gasteiger partial charge in [-0.15, -0.1) is 0 Å². The lowest BCUT2D eigenvalue weighted by molar-refractivity contribution is -0.690. The number of carbonyl (C=O) groups is 1. The van der Waals surface area contributed by atoms with Crippen LogP contribution in [0.25, 0.3) is 22.4 Å². The Bertz CT molecular complexity index is 1590. The van der Waals surface area contributed by atoms with Crippen molar-refractivity contribution < 1.29 is 23.9 Å². The Labute approximate surface area is 227 Å². The van der Waals surface area contributed by atoms with Crippen LogP contribution in [0.4, 0.5) is 0 Å². The maximum atomic E-state index is 11.6. The van der Waals surface area contributed by atoms with Crippen LogP contribution in [0.1, 0.15) is 54.1 Å². The van der Waals surface area contributed by atoms with Crippen LogP contribution in [0.5, 0.6) is 17.2 Å². The molecular formula is C33H31N2O4+. The summed E-state index contributed by atoms with van der Waals surface area (Å²) in [5, 5.41) is 9.49. The number of aromatic carboxylic acids is 1. The number of hydrogen-bond acceptors (Lipinski definition) is 3. The van der Waals surface area contributed by atoms with Crippen molar-refractivity contribution in [1.29, 1.82) is 0 Å². The van der Waals surface area contributed by atoms with Crippen LogP contribution in [-0.2, 0) is 6.61 Å². The van der Waals surface area contributed by atoms with Gasteiger partial charge >= 0.3 is 5.97 Å². The summed E-state index contributed by atoms with van der Waals surface area (Å²) in [6, 6.07) is 31.5. The van der Waals surface area contributed by atoms with Gasteiger partial charge in [-0.3, -0.25) is 0 Å². The Morgan fingerprint density at radius 3 is 2.36 bits per heavy atom. The van der Waals surface area contributed by atoms with Crippen molar-refractivity contribution in [3.63, 3.8) is 0 Å². The fourth-order valence-corrected chi connectivity index (χ4v) is 5.40. The molecule has 39 heavy (non-hydrogen) atoms. The van der Waals surface area contributed by atoms with Crippen molar-refractivity contribution >= 4 is 17.0 Å². The minimum absolute atomic E-state index is 0.282. The van der Waals surface area contributed by atoms with Gasteiger partial charge in [0.1, 0.15) is 29.9 Å². The monoisotopic (exact) mass is 519 g/mol. The highest BCUT2D eigenvalue weighted by molar-refractivity contribution is 5.92. The predicted octanol–water partition coefficient (Wildman–Crippen LogP) is 7.70. The molecule has 1 aliphatic carbocycles. The number of nitrogens with one attached hydrogen (secondary N) is 1. The molecule has 1 fully saturated rings. The Hall–Kier alpha value is -4.58. The van der Waals surface area contributed by atoms with Gasteiger partial charge in [0.15, 0.2) is 11.0 Å². The summed E-state index contributed by atoms with van der Waals surface area (Å²) in [5.74, 6) is 2.25. The fraction of sp³-hybridized carbons (Fsp3) is 0.212. The van der Waals surface area contributed by atoms with Crippen LogP contribution < -0.4 is 14.0 Å². The smallest absolute Gasteiger partial charge is 0.335 e. The number of rotatable bonds is 8. The molecule has 0 bridgehead atoms. The molecule has 4 aromatic carbocycles. The van der Waals surface area contributed by atoms with Crippen molar-refractivity contribution in [1.82, 2.24) is 4.98 Å². The molecule has 5 aromatic rings. The molecule has 1 heterocycles. The third kappa shape index (κ3) is 5.50. The van der Waals surface area contributed by atoms with Gasteiger partial charge in [0.05, 0.1) is 11.1 Å². The number of aromatic amines is 1. The van der Waals surface area contributed by atoms with E-state index in [-0.39, 0.29) is 5.56 Å². The van der Waals surface area contributed by atoms with E-state index in [4.69, 9.17) is 9.47 Å². The minimum Gasteiger partial charge on any atom is -0.489 e. The van der Waals surface area contributed by atoms with Crippen LogP contribution >= 0.6 is 0 Å². The summed E-state index contributed by atoms with van der Waals surface area (Å²) in [7, 11) is 0. The first kappa shape index (κ1) is 24.7. The number of fused-ring (bicyclic) bond motifs is 1. The summed E-state index contributed by atoms with van der Waals surface area (Å²) in [6.07, 6.45) is 5.92. The number of benzene rings is 4. The molecule has 0 saturated heterocycles. The van der Waals surface area contributed by atoms with Crippen molar-refractivity contribution in [3.05, 3.63) is 108 Å². The van der Waals surface area contributed by atoms with E-state index in [0.717, 1.165) is 52.3 Å².